The fourth-order valence-corrected chi connectivity index (χ4v) is 4.27. The molecule has 2 nitrogen and oxygen atoms in total. The molecule has 0 saturated heterocycles. The van der Waals surface area contributed by atoms with Crippen LogP contribution in [0.5, 0.6) is 0 Å². The van der Waals surface area contributed by atoms with E-state index in [2.05, 4.69) is 41.2 Å². The van der Waals surface area contributed by atoms with E-state index in [9.17, 15) is 4.79 Å². The van der Waals surface area contributed by atoms with Gasteiger partial charge in [-0.3, -0.25) is 0 Å². The zero-order valence-corrected chi connectivity index (χ0v) is 14.1. The Kier molecular flexibility index (Phi) is 4.91. The molecule has 0 N–H and O–H groups in total. The van der Waals surface area contributed by atoms with Gasteiger partial charge in [0.15, 0.2) is 6.29 Å². The first-order chi connectivity index (χ1) is 9.53. The first-order valence-electron chi connectivity index (χ1n) is 6.47. The number of carbonyl (C=O) groups excluding carboxylic acids is 1. The lowest BCUT2D eigenvalue weighted by atomic mass is 10.1. The van der Waals surface area contributed by atoms with Gasteiger partial charge in [0.2, 0.25) is 8.32 Å². The van der Waals surface area contributed by atoms with Crippen molar-refractivity contribution in [2.24, 2.45) is 0 Å². The SMILES string of the molecule is C[Si](C)(OC(C=O)c1ccc(Br)cc1)c1ccccc1. The lowest BCUT2D eigenvalue weighted by molar-refractivity contribution is -0.114. The Labute approximate surface area is 129 Å². The monoisotopic (exact) mass is 348 g/mol. The molecule has 0 amide bonds. The quantitative estimate of drug-likeness (QED) is 0.606. The minimum absolute atomic E-state index is 0.509. The van der Waals surface area contributed by atoms with Gasteiger partial charge in [0.1, 0.15) is 6.10 Å². The Hall–Kier alpha value is -1.23. The summed E-state index contributed by atoms with van der Waals surface area (Å²) >= 11 is 3.39. The topological polar surface area (TPSA) is 26.3 Å². The third kappa shape index (κ3) is 3.66. The number of rotatable bonds is 5. The first-order valence-corrected chi connectivity index (χ1v) is 10.2. The molecule has 0 spiro atoms. The average Bonchev–Trinajstić information content (AvgIpc) is 2.47. The Bertz CT molecular complexity index is 567. The third-order valence-electron chi connectivity index (χ3n) is 3.21. The van der Waals surface area contributed by atoms with Crippen molar-refractivity contribution in [1.82, 2.24) is 0 Å². The van der Waals surface area contributed by atoms with Crippen molar-refractivity contribution in [2.75, 3.05) is 0 Å². The van der Waals surface area contributed by atoms with Crippen LogP contribution in [0.2, 0.25) is 13.1 Å². The molecule has 104 valence electrons. The van der Waals surface area contributed by atoms with E-state index in [1.807, 2.05) is 42.5 Å². The molecule has 0 aliphatic carbocycles. The van der Waals surface area contributed by atoms with Gasteiger partial charge in [-0.2, -0.15) is 0 Å². The molecular formula is C16H17BrO2Si. The fraction of sp³-hybridized carbons (Fsp3) is 0.188. The van der Waals surface area contributed by atoms with E-state index in [-0.39, 0.29) is 0 Å². The Balaban J connectivity index is 2.21. The zero-order valence-electron chi connectivity index (χ0n) is 11.5. The molecule has 4 heteroatoms. The molecule has 0 heterocycles. The van der Waals surface area contributed by atoms with Gasteiger partial charge in [0, 0.05) is 4.47 Å². The number of aldehydes is 1. The molecule has 20 heavy (non-hydrogen) atoms. The predicted molar refractivity (Wildman–Crippen MR) is 87.6 cm³/mol. The normalized spacial score (nSPS) is 12.9. The van der Waals surface area contributed by atoms with Crippen LogP contribution in [0.15, 0.2) is 59.1 Å². The minimum atomic E-state index is -2.10. The maximum Gasteiger partial charge on any atom is 0.219 e. The number of benzene rings is 2. The second-order valence-corrected chi connectivity index (χ2v) is 9.85. The van der Waals surface area contributed by atoms with Crippen LogP contribution in [0.25, 0.3) is 0 Å². The number of halogens is 1. The molecule has 0 aromatic heterocycles. The first kappa shape index (κ1) is 15.2. The van der Waals surface area contributed by atoms with Crippen molar-refractivity contribution < 1.29 is 9.22 Å². The minimum Gasteiger partial charge on any atom is -0.399 e. The largest absolute Gasteiger partial charge is 0.399 e. The van der Waals surface area contributed by atoms with Gasteiger partial charge < -0.3 is 9.22 Å². The highest BCUT2D eigenvalue weighted by molar-refractivity contribution is 9.10. The van der Waals surface area contributed by atoms with Crippen LogP contribution < -0.4 is 5.19 Å². The van der Waals surface area contributed by atoms with Crippen LogP contribution in [0, 0.1) is 0 Å². The maximum absolute atomic E-state index is 11.4. The van der Waals surface area contributed by atoms with Crippen LogP contribution in [0.4, 0.5) is 0 Å². The molecule has 0 bridgehead atoms. The van der Waals surface area contributed by atoms with E-state index >= 15 is 0 Å². The van der Waals surface area contributed by atoms with E-state index in [0.29, 0.717) is 0 Å². The Morgan fingerprint density at radius 3 is 2.20 bits per heavy atom. The lowest BCUT2D eigenvalue weighted by Gasteiger charge is -2.27. The van der Waals surface area contributed by atoms with Gasteiger partial charge in [-0.15, -0.1) is 0 Å². The van der Waals surface area contributed by atoms with Crippen molar-refractivity contribution in [3.05, 3.63) is 64.6 Å². The second-order valence-electron chi connectivity index (χ2n) is 5.10. The highest BCUT2D eigenvalue weighted by atomic mass is 79.9. The molecule has 2 aromatic carbocycles. The van der Waals surface area contributed by atoms with Gasteiger partial charge in [0.05, 0.1) is 0 Å². The van der Waals surface area contributed by atoms with Crippen molar-refractivity contribution >= 4 is 35.7 Å². The highest BCUT2D eigenvalue weighted by Crippen LogP contribution is 2.22. The molecule has 2 rings (SSSR count). The van der Waals surface area contributed by atoms with E-state index in [1.54, 1.807) is 0 Å². The van der Waals surface area contributed by atoms with Crippen LogP contribution in [0.1, 0.15) is 11.7 Å². The van der Waals surface area contributed by atoms with Gasteiger partial charge in [-0.1, -0.05) is 58.4 Å². The number of carbonyl (C=O) groups is 1. The van der Waals surface area contributed by atoms with Gasteiger partial charge in [-0.05, 0) is 36.0 Å². The molecule has 0 saturated carbocycles. The average molecular weight is 349 g/mol. The van der Waals surface area contributed by atoms with Gasteiger partial charge in [-0.25, -0.2) is 0 Å². The van der Waals surface area contributed by atoms with Crippen LogP contribution in [0.3, 0.4) is 0 Å². The van der Waals surface area contributed by atoms with Gasteiger partial charge in [0.25, 0.3) is 0 Å². The number of hydrogen-bond donors (Lipinski definition) is 0. The summed E-state index contributed by atoms with van der Waals surface area (Å²) < 4.78 is 7.15. The van der Waals surface area contributed by atoms with E-state index in [1.165, 1.54) is 5.19 Å². The molecule has 2 aromatic rings. The summed E-state index contributed by atoms with van der Waals surface area (Å²) in [6.45, 7) is 4.22. The standard InChI is InChI=1S/C16H17BrO2Si/c1-20(2,15-6-4-3-5-7-15)19-16(12-18)13-8-10-14(17)11-9-13/h3-12,16H,1-2H3. The van der Waals surface area contributed by atoms with E-state index < -0.39 is 14.4 Å². The van der Waals surface area contributed by atoms with Crippen LogP contribution in [-0.4, -0.2) is 14.6 Å². The van der Waals surface area contributed by atoms with Crippen LogP contribution in [-0.2, 0) is 9.22 Å². The predicted octanol–water partition coefficient (Wildman–Crippen LogP) is 3.82. The summed E-state index contributed by atoms with van der Waals surface area (Å²) in [5.74, 6) is 0. The fourth-order valence-electron chi connectivity index (χ4n) is 2.05. The maximum atomic E-state index is 11.4. The molecule has 0 aliphatic heterocycles. The van der Waals surface area contributed by atoms with E-state index in [0.717, 1.165) is 16.3 Å². The van der Waals surface area contributed by atoms with Gasteiger partial charge >= 0.3 is 0 Å². The molecule has 1 atom stereocenters. The van der Waals surface area contributed by atoms with E-state index in [4.69, 9.17) is 4.43 Å². The number of hydrogen-bond acceptors (Lipinski definition) is 2. The Morgan fingerprint density at radius 1 is 1.05 bits per heavy atom. The van der Waals surface area contributed by atoms with Crippen molar-refractivity contribution in [1.29, 1.82) is 0 Å². The molecule has 0 aliphatic rings. The molecule has 0 radical (unpaired) electrons. The molecular weight excluding hydrogens is 332 g/mol. The van der Waals surface area contributed by atoms with Crippen molar-refractivity contribution in [2.45, 2.75) is 19.2 Å². The summed E-state index contributed by atoms with van der Waals surface area (Å²) in [7, 11) is -2.10. The summed E-state index contributed by atoms with van der Waals surface area (Å²) in [5.41, 5.74) is 0.889. The summed E-state index contributed by atoms with van der Waals surface area (Å²) in [5, 5.41) is 1.18. The summed E-state index contributed by atoms with van der Waals surface area (Å²) in [6, 6.07) is 17.8. The van der Waals surface area contributed by atoms with Crippen molar-refractivity contribution in [3.63, 3.8) is 0 Å². The summed E-state index contributed by atoms with van der Waals surface area (Å²) in [4.78, 5) is 11.4. The van der Waals surface area contributed by atoms with Crippen molar-refractivity contribution in [3.8, 4) is 0 Å². The van der Waals surface area contributed by atoms with Crippen LogP contribution >= 0.6 is 15.9 Å². The molecule has 1 unspecified atom stereocenters. The third-order valence-corrected chi connectivity index (χ3v) is 6.31. The zero-order chi connectivity index (χ0) is 14.6. The lowest BCUT2D eigenvalue weighted by Crippen LogP contribution is -2.45. The molecule has 0 fully saturated rings. The Morgan fingerprint density at radius 2 is 1.65 bits per heavy atom. The highest BCUT2D eigenvalue weighted by Gasteiger charge is 2.29. The summed E-state index contributed by atoms with van der Waals surface area (Å²) in [6.07, 6.45) is 0.367. The smallest absolute Gasteiger partial charge is 0.219 e. The second kappa shape index (κ2) is 6.48.